The largest absolute Gasteiger partial charge is 0.495 e. The molecule has 4 aliphatic rings. The van der Waals surface area contributed by atoms with Crippen LogP contribution in [0.1, 0.15) is 36.1 Å². The topological polar surface area (TPSA) is 46.6 Å². The number of ether oxygens (including phenoxy) is 1. The highest BCUT2D eigenvalue weighted by atomic mass is 35.5. The van der Waals surface area contributed by atoms with Crippen molar-refractivity contribution in [1.29, 1.82) is 0 Å². The van der Waals surface area contributed by atoms with E-state index in [4.69, 9.17) is 16.3 Å². The lowest BCUT2D eigenvalue weighted by atomic mass is 9.42. The number of carbonyl (C=O) groups excluding carboxylic acids is 2. The predicted molar refractivity (Wildman–Crippen MR) is 123 cm³/mol. The van der Waals surface area contributed by atoms with E-state index in [-0.39, 0.29) is 11.8 Å². The number of nitrogens with zero attached hydrogens (tertiary/aromatic N) is 1. The molecule has 1 heterocycles. The van der Waals surface area contributed by atoms with Crippen LogP contribution in [0.4, 0.5) is 5.69 Å². The molecule has 2 bridgehead atoms. The molecule has 0 spiro atoms. The maximum atomic E-state index is 14.1. The number of methoxy groups -OCH3 is 1. The van der Waals surface area contributed by atoms with E-state index in [1.165, 1.54) is 12.0 Å². The number of anilines is 1. The molecule has 1 aliphatic heterocycles. The second kappa shape index (κ2) is 6.23. The van der Waals surface area contributed by atoms with Gasteiger partial charge in [0.1, 0.15) is 5.75 Å². The summed E-state index contributed by atoms with van der Waals surface area (Å²) in [6.45, 7) is 4.23. The molecule has 5 heteroatoms. The van der Waals surface area contributed by atoms with Crippen LogP contribution in [0.25, 0.3) is 0 Å². The van der Waals surface area contributed by atoms with Gasteiger partial charge in [-0.3, -0.25) is 9.59 Å². The molecule has 32 heavy (non-hydrogen) atoms. The van der Waals surface area contributed by atoms with Crippen molar-refractivity contribution in [3.05, 3.63) is 94.0 Å². The highest BCUT2D eigenvalue weighted by Crippen LogP contribution is 2.66. The van der Waals surface area contributed by atoms with Gasteiger partial charge in [0.05, 0.1) is 24.6 Å². The van der Waals surface area contributed by atoms with E-state index < -0.39 is 22.7 Å². The number of halogens is 1. The van der Waals surface area contributed by atoms with Crippen molar-refractivity contribution in [3.63, 3.8) is 0 Å². The molecule has 0 radical (unpaired) electrons. The Morgan fingerprint density at radius 2 is 1.22 bits per heavy atom. The first kappa shape index (κ1) is 19.6. The number of carbonyl (C=O) groups is 2. The third-order valence-electron chi connectivity index (χ3n) is 8.02. The van der Waals surface area contributed by atoms with Crippen LogP contribution in [0, 0.1) is 11.8 Å². The van der Waals surface area contributed by atoms with Crippen molar-refractivity contribution < 1.29 is 14.3 Å². The molecule has 2 atom stereocenters. The van der Waals surface area contributed by atoms with Gasteiger partial charge in [0.15, 0.2) is 0 Å². The van der Waals surface area contributed by atoms with Gasteiger partial charge in [-0.2, -0.15) is 0 Å². The Balaban J connectivity index is 1.66. The Labute approximate surface area is 191 Å². The van der Waals surface area contributed by atoms with Crippen LogP contribution in [0.15, 0.2) is 66.7 Å². The average molecular weight is 444 g/mol. The summed E-state index contributed by atoms with van der Waals surface area (Å²) in [7, 11) is 1.53. The first-order valence-electron chi connectivity index (χ1n) is 10.8. The van der Waals surface area contributed by atoms with Crippen LogP contribution in [-0.4, -0.2) is 18.9 Å². The molecule has 3 aromatic carbocycles. The number of hydrogen-bond donors (Lipinski definition) is 0. The quantitative estimate of drug-likeness (QED) is 0.518. The number of amides is 2. The first-order valence-corrected chi connectivity index (χ1v) is 11.1. The van der Waals surface area contributed by atoms with Crippen molar-refractivity contribution in [1.82, 2.24) is 0 Å². The fraction of sp³-hybridized carbons (Fsp3) is 0.259. The second-order valence-electron chi connectivity index (χ2n) is 9.28. The lowest BCUT2D eigenvalue weighted by Crippen LogP contribution is -2.59. The molecule has 7 rings (SSSR count). The minimum atomic E-state index is -0.608. The maximum Gasteiger partial charge on any atom is 0.239 e. The van der Waals surface area contributed by atoms with Gasteiger partial charge < -0.3 is 4.74 Å². The smallest absolute Gasteiger partial charge is 0.239 e. The summed E-state index contributed by atoms with van der Waals surface area (Å²) >= 11 is 6.27. The van der Waals surface area contributed by atoms with E-state index in [9.17, 15) is 9.59 Å². The van der Waals surface area contributed by atoms with E-state index in [1.807, 2.05) is 24.3 Å². The third-order valence-corrected chi connectivity index (χ3v) is 8.26. The molecule has 3 aromatic rings. The maximum absolute atomic E-state index is 14.1. The SMILES string of the molecule is COc1ccc(Cl)cc1N1C(=O)C2C(C1=O)C1(C)c3ccccc3C2(C)c2ccccc21. The van der Waals surface area contributed by atoms with Gasteiger partial charge in [0, 0.05) is 15.9 Å². The molecule has 0 saturated carbocycles. The van der Waals surface area contributed by atoms with Crippen LogP contribution in [0.2, 0.25) is 5.02 Å². The molecule has 1 fully saturated rings. The molecular weight excluding hydrogens is 422 g/mol. The first-order chi connectivity index (χ1) is 15.3. The standard InChI is InChI=1S/C27H22ClNO3/c1-26-16-8-4-6-10-18(16)27(2,19-11-7-5-9-17(19)26)23-22(26)24(30)29(25(23)31)20-14-15(28)12-13-21(20)32-3/h4-14,22-23H,1-3H3. The summed E-state index contributed by atoms with van der Waals surface area (Å²) in [5.41, 5.74) is 3.70. The van der Waals surface area contributed by atoms with Crippen LogP contribution < -0.4 is 9.64 Å². The second-order valence-corrected chi connectivity index (χ2v) is 9.72. The lowest BCUT2D eigenvalue weighted by molar-refractivity contribution is -0.124. The highest BCUT2D eigenvalue weighted by Gasteiger charge is 2.70. The molecule has 3 aliphatic carbocycles. The predicted octanol–water partition coefficient (Wildman–Crippen LogP) is 5.09. The number of hydrogen-bond acceptors (Lipinski definition) is 3. The summed E-state index contributed by atoms with van der Waals surface area (Å²) in [6, 6.07) is 21.5. The fourth-order valence-corrected chi connectivity index (χ4v) is 6.81. The summed E-state index contributed by atoms with van der Waals surface area (Å²) in [4.78, 5) is 29.5. The van der Waals surface area contributed by atoms with E-state index in [0.29, 0.717) is 16.5 Å². The molecule has 4 nitrogen and oxygen atoms in total. The van der Waals surface area contributed by atoms with Crippen molar-refractivity contribution >= 4 is 29.1 Å². The molecule has 2 unspecified atom stereocenters. The Morgan fingerprint density at radius 3 is 1.62 bits per heavy atom. The molecule has 0 N–H and O–H groups in total. The number of benzene rings is 3. The van der Waals surface area contributed by atoms with Crippen molar-refractivity contribution in [3.8, 4) is 5.75 Å². The lowest BCUT2D eigenvalue weighted by Gasteiger charge is -2.57. The zero-order chi connectivity index (χ0) is 22.4. The third kappa shape index (κ3) is 2.04. The van der Waals surface area contributed by atoms with Crippen LogP contribution in [0.5, 0.6) is 5.75 Å². The van der Waals surface area contributed by atoms with Gasteiger partial charge in [-0.1, -0.05) is 74.0 Å². The minimum absolute atomic E-state index is 0.196. The summed E-state index contributed by atoms with van der Waals surface area (Å²) in [5, 5.41) is 0.447. The monoisotopic (exact) mass is 443 g/mol. The van der Waals surface area contributed by atoms with Gasteiger partial charge >= 0.3 is 0 Å². The van der Waals surface area contributed by atoms with Gasteiger partial charge in [-0.25, -0.2) is 4.90 Å². The number of imide groups is 1. The Kier molecular flexibility index (Phi) is 3.81. The molecule has 2 amide bonds. The van der Waals surface area contributed by atoms with Crippen LogP contribution in [-0.2, 0) is 20.4 Å². The minimum Gasteiger partial charge on any atom is -0.495 e. The highest BCUT2D eigenvalue weighted by molar-refractivity contribution is 6.32. The van der Waals surface area contributed by atoms with E-state index in [0.717, 1.165) is 22.3 Å². The zero-order valence-electron chi connectivity index (χ0n) is 18.1. The summed E-state index contributed by atoms with van der Waals surface area (Å²) in [5.74, 6) is -0.953. The van der Waals surface area contributed by atoms with Gasteiger partial charge in [0.25, 0.3) is 0 Å². The Bertz CT molecular complexity index is 1210. The molecule has 160 valence electrons. The number of rotatable bonds is 2. The fourth-order valence-electron chi connectivity index (χ4n) is 6.65. The summed E-state index contributed by atoms with van der Waals surface area (Å²) in [6.07, 6.45) is 0. The molecule has 1 saturated heterocycles. The average Bonchev–Trinajstić information content (AvgIpc) is 3.08. The van der Waals surface area contributed by atoms with Crippen LogP contribution >= 0.6 is 11.6 Å². The van der Waals surface area contributed by atoms with Crippen LogP contribution in [0.3, 0.4) is 0 Å². The van der Waals surface area contributed by atoms with E-state index >= 15 is 0 Å². The van der Waals surface area contributed by atoms with Gasteiger partial charge in [-0.15, -0.1) is 0 Å². The van der Waals surface area contributed by atoms with E-state index in [2.05, 4.69) is 38.1 Å². The van der Waals surface area contributed by atoms with E-state index in [1.54, 1.807) is 18.2 Å². The molecular formula is C27H22ClNO3. The molecule has 0 aromatic heterocycles. The Morgan fingerprint density at radius 1 is 0.781 bits per heavy atom. The zero-order valence-corrected chi connectivity index (χ0v) is 18.8. The normalized spacial score (nSPS) is 29.6. The van der Waals surface area contributed by atoms with Crippen molar-refractivity contribution in [2.24, 2.45) is 11.8 Å². The van der Waals surface area contributed by atoms with Crippen molar-refractivity contribution in [2.75, 3.05) is 12.0 Å². The van der Waals surface area contributed by atoms with Gasteiger partial charge in [-0.05, 0) is 40.5 Å². The van der Waals surface area contributed by atoms with Crippen molar-refractivity contribution in [2.45, 2.75) is 24.7 Å². The summed E-state index contributed by atoms with van der Waals surface area (Å²) < 4.78 is 5.50. The van der Waals surface area contributed by atoms with Gasteiger partial charge in [0.2, 0.25) is 11.8 Å². The Hall–Kier alpha value is -3.11.